The quantitative estimate of drug-likeness (QED) is 0.790. The van der Waals surface area contributed by atoms with Crippen LogP contribution in [0.4, 0.5) is 10.5 Å². The first-order chi connectivity index (χ1) is 9.54. The minimum atomic E-state index is -1.02. The average Bonchev–Trinajstić information content (AvgIpc) is 2.38. The normalized spacial score (nSPS) is 22.1. The van der Waals surface area contributed by atoms with Gasteiger partial charge in [0.15, 0.2) is 0 Å². The molecule has 20 heavy (non-hydrogen) atoms. The lowest BCUT2D eigenvalue weighted by Crippen LogP contribution is -2.43. The molecule has 0 radical (unpaired) electrons. The lowest BCUT2D eigenvalue weighted by atomic mass is 10.0. The third-order valence-corrected chi connectivity index (χ3v) is 3.19. The SMILES string of the molecule is CC1CC(NC(=O)Nc2cccc(C(=O)O)c2)CCO1. The Kier molecular flexibility index (Phi) is 4.57. The van der Waals surface area contributed by atoms with Gasteiger partial charge in [-0.1, -0.05) is 6.07 Å². The van der Waals surface area contributed by atoms with Crippen LogP contribution in [0.15, 0.2) is 24.3 Å². The van der Waals surface area contributed by atoms with Crippen LogP contribution in [0.3, 0.4) is 0 Å². The Bertz CT molecular complexity index is 504. The van der Waals surface area contributed by atoms with E-state index in [1.54, 1.807) is 12.1 Å². The van der Waals surface area contributed by atoms with E-state index in [0.717, 1.165) is 12.8 Å². The van der Waals surface area contributed by atoms with Gasteiger partial charge in [0.1, 0.15) is 0 Å². The highest BCUT2D eigenvalue weighted by Gasteiger charge is 2.20. The highest BCUT2D eigenvalue weighted by molar-refractivity contribution is 5.93. The van der Waals surface area contributed by atoms with Crippen LogP contribution in [-0.4, -0.2) is 35.9 Å². The number of anilines is 1. The minimum Gasteiger partial charge on any atom is -0.478 e. The molecule has 2 amide bonds. The van der Waals surface area contributed by atoms with E-state index in [4.69, 9.17) is 9.84 Å². The number of amides is 2. The molecule has 0 spiro atoms. The molecular formula is C14H18N2O4. The summed E-state index contributed by atoms with van der Waals surface area (Å²) in [5.41, 5.74) is 0.602. The fourth-order valence-electron chi connectivity index (χ4n) is 2.21. The van der Waals surface area contributed by atoms with Crippen molar-refractivity contribution in [3.05, 3.63) is 29.8 Å². The van der Waals surface area contributed by atoms with Gasteiger partial charge in [-0.25, -0.2) is 9.59 Å². The van der Waals surface area contributed by atoms with E-state index in [-0.39, 0.29) is 23.7 Å². The summed E-state index contributed by atoms with van der Waals surface area (Å²) >= 11 is 0. The number of rotatable bonds is 3. The van der Waals surface area contributed by atoms with E-state index < -0.39 is 5.97 Å². The molecule has 1 aliphatic rings. The number of benzene rings is 1. The average molecular weight is 278 g/mol. The molecule has 0 bridgehead atoms. The molecule has 1 aromatic carbocycles. The number of carboxylic acid groups (broad SMARTS) is 1. The van der Waals surface area contributed by atoms with E-state index in [2.05, 4.69) is 10.6 Å². The Labute approximate surface area is 117 Å². The summed E-state index contributed by atoms with van der Waals surface area (Å²) in [4.78, 5) is 22.7. The fourth-order valence-corrected chi connectivity index (χ4v) is 2.21. The smallest absolute Gasteiger partial charge is 0.335 e. The molecule has 1 aromatic rings. The molecule has 2 rings (SSSR count). The number of hydrogen-bond donors (Lipinski definition) is 3. The lowest BCUT2D eigenvalue weighted by Gasteiger charge is -2.27. The number of ether oxygens (including phenoxy) is 1. The van der Waals surface area contributed by atoms with Crippen molar-refractivity contribution >= 4 is 17.7 Å². The van der Waals surface area contributed by atoms with E-state index in [9.17, 15) is 9.59 Å². The first kappa shape index (κ1) is 14.3. The Morgan fingerprint density at radius 2 is 2.20 bits per heavy atom. The van der Waals surface area contributed by atoms with Crippen LogP contribution in [0.2, 0.25) is 0 Å². The molecular weight excluding hydrogens is 260 g/mol. The van der Waals surface area contributed by atoms with Gasteiger partial charge in [0.2, 0.25) is 0 Å². The molecule has 108 valence electrons. The van der Waals surface area contributed by atoms with E-state index >= 15 is 0 Å². The molecule has 2 unspecified atom stereocenters. The number of carbonyl (C=O) groups excluding carboxylic acids is 1. The van der Waals surface area contributed by atoms with Crippen molar-refractivity contribution in [3.8, 4) is 0 Å². The van der Waals surface area contributed by atoms with Gasteiger partial charge in [0.05, 0.1) is 11.7 Å². The van der Waals surface area contributed by atoms with Crippen molar-refractivity contribution in [2.45, 2.75) is 31.9 Å². The Morgan fingerprint density at radius 1 is 1.40 bits per heavy atom. The predicted octanol–water partition coefficient (Wildman–Crippen LogP) is 2.07. The largest absolute Gasteiger partial charge is 0.478 e. The summed E-state index contributed by atoms with van der Waals surface area (Å²) < 4.78 is 5.41. The van der Waals surface area contributed by atoms with Gasteiger partial charge in [0.25, 0.3) is 0 Å². The monoisotopic (exact) mass is 278 g/mol. The van der Waals surface area contributed by atoms with Gasteiger partial charge in [-0.15, -0.1) is 0 Å². The Balaban J connectivity index is 1.91. The number of carboxylic acids is 1. The van der Waals surface area contributed by atoms with E-state index in [1.807, 2.05) is 6.92 Å². The molecule has 2 atom stereocenters. The summed E-state index contributed by atoms with van der Waals surface area (Å²) in [6, 6.07) is 5.90. The van der Waals surface area contributed by atoms with Gasteiger partial charge in [-0.3, -0.25) is 0 Å². The number of carbonyl (C=O) groups is 2. The molecule has 3 N–H and O–H groups in total. The van der Waals surface area contributed by atoms with Crippen LogP contribution in [0.5, 0.6) is 0 Å². The van der Waals surface area contributed by atoms with Gasteiger partial charge in [-0.05, 0) is 38.0 Å². The van der Waals surface area contributed by atoms with Gasteiger partial charge in [-0.2, -0.15) is 0 Å². The van der Waals surface area contributed by atoms with Crippen molar-refractivity contribution in [1.29, 1.82) is 0 Å². The third kappa shape index (κ3) is 3.96. The number of urea groups is 1. The van der Waals surface area contributed by atoms with Crippen LogP contribution in [0.25, 0.3) is 0 Å². The standard InChI is InChI=1S/C14H18N2O4/c1-9-7-12(5-6-20-9)16-14(19)15-11-4-2-3-10(8-11)13(17)18/h2-4,8-9,12H,5-7H2,1H3,(H,17,18)(H2,15,16,19). The van der Waals surface area contributed by atoms with Crippen molar-refractivity contribution in [2.75, 3.05) is 11.9 Å². The third-order valence-electron chi connectivity index (χ3n) is 3.19. The van der Waals surface area contributed by atoms with Gasteiger partial charge < -0.3 is 20.5 Å². The van der Waals surface area contributed by atoms with Crippen LogP contribution in [0.1, 0.15) is 30.1 Å². The van der Waals surface area contributed by atoms with Crippen molar-refractivity contribution < 1.29 is 19.4 Å². The molecule has 6 nitrogen and oxygen atoms in total. The molecule has 0 aromatic heterocycles. The zero-order valence-corrected chi connectivity index (χ0v) is 11.3. The van der Waals surface area contributed by atoms with Gasteiger partial charge in [0, 0.05) is 18.3 Å². The maximum atomic E-state index is 11.9. The van der Waals surface area contributed by atoms with Gasteiger partial charge >= 0.3 is 12.0 Å². The lowest BCUT2D eigenvalue weighted by molar-refractivity contribution is 0.0157. The summed E-state index contributed by atoms with van der Waals surface area (Å²) in [6.45, 7) is 2.61. The van der Waals surface area contributed by atoms with E-state index in [0.29, 0.717) is 12.3 Å². The summed E-state index contributed by atoms with van der Waals surface area (Å²) in [7, 11) is 0. The maximum Gasteiger partial charge on any atom is 0.335 e. The highest BCUT2D eigenvalue weighted by atomic mass is 16.5. The van der Waals surface area contributed by atoms with Crippen LogP contribution in [0, 0.1) is 0 Å². The molecule has 1 aliphatic heterocycles. The minimum absolute atomic E-state index is 0.0846. The van der Waals surface area contributed by atoms with Crippen molar-refractivity contribution in [2.24, 2.45) is 0 Å². The second kappa shape index (κ2) is 6.38. The van der Waals surface area contributed by atoms with Crippen LogP contribution in [-0.2, 0) is 4.74 Å². The van der Waals surface area contributed by atoms with E-state index in [1.165, 1.54) is 12.1 Å². The zero-order valence-electron chi connectivity index (χ0n) is 11.3. The molecule has 1 fully saturated rings. The van der Waals surface area contributed by atoms with Crippen molar-refractivity contribution in [3.63, 3.8) is 0 Å². The predicted molar refractivity (Wildman–Crippen MR) is 74.0 cm³/mol. The summed E-state index contributed by atoms with van der Waals surface area (Å²) in [5, 5.41) is 14.4. The second-order valence-corrected chi connectivity index (χ2v) is 4.89. The Hall–Kier alpha value is -2.08. The molecule has 1 heterocycles. The zero-order chi connectivity index (χ0) is 14.5. The number of aromatic carboxylic acids is 1. The maximum absolute atomic E-state index is 11.9. The fraction of sp³-hybridized carbons (Fsp3) is 0.429. The Morgan fingerprint density at radius 3 is 2.90 bits per heavy atom. The van der Waals surface area contributed by atoms with Crippen LogP contribution >= 0.6 is 0 Å². The first-order valence-electron chi connectivity index (χ1n) is 6.57. The molecule has 1 saturated heterocycles. The second-order valence-electron chi connectivity index (χ2n) is 4.89. The first-order valence-corrected chi connectivity index (χ1v) is 6.57. The van der Waals surface area contributed by atoms with Crippen molar-refractivity contribution in [1.82, 2.24) is 5.32 Å². The summed E-state index contributed by atoms with van der Waals surface area (Å²) in [5.74, 6) is -1.02. The summed E-state index contributed by atoms with van der Waals surface area (Å²) in [6.07, 6.45) is 1.71. The number of nitrogens with one attached hydrogen (secondary N) is 2. The molecule has 0 saturated carbocycles. The molecule has 6 heteroatoms. The topological polar surface area (TPSA) is 87.7 Å². The van der Waals surface area contributed by atoms with Crippen LogP contribution < -0.4 is 10.6 Å². The number of hydrogen-bond acceptors (Lipinski definition) is 3. The highest BCUT2D eigenvalue weighted by Crippen LogP contribution is 2.14. The molecule has 0 aliphatic carbocycles.